The number of hydrogen-bond acceptors (Lipinski definition) is 3. The standard InChI is InChI=1S/C14H25NO3/c1-10-4-5-12(11(2)6-10)15-8-14(3,9-15)18-7-13(16)17/h10-12H,4-9H2,1-3H3,(H,16,17). The SMILES string of the molecule is CC1CCC(N2CC(C)(OCC(=O)O)C2)C(C)C1. The minimum Gasteiger partial charge on any atom is -0.480 e. The van der Waals surface area contributed by atoms with Crippen LogP contribution in [0.15, 0.2) is 0 Å². The second kappa shape index (κ2) is 5.17. The van der Waals surface area contributed by atoms with E-state index in [1.807, 2.05) is 6.92 Å². The molecule has 3 atom stereocenters. The lowest BCUT2D eigenvalue weighted by Crippen LogP contribution is -2.66. The quantitative estimate of drug-likeness (QED) is 0.834. The molecule has 1 saturated heterocycles. The summed E-state index contributed by atoms with van der Waals surface area (Å²) in [4.78, 5) is 13.0. The maximum atomic E-state index is 10.5. The average Bonchev–Trinajstić information content (AvgIpc) is 2.23. The summed E-state index contributed by atoms with van der Waals surface area (Å²) in [6.45, 7) is 8.27. The fraction of sp³-hybridized carbons (Fsp3) is 0.929. The van der Waals surface area contributed by atoms with Crippen molar-refractivity contribution in [3.05, 3.63) is 0 Å². The molecule has 2 rings (SSSR count). The number of rotatable bonds is 4. The molecule has 0 amide bonds. The van der Waals surface area contributed by atoms with E-state index >= 15 is 0 Å². The maximum absolute atomic E-state index is 10.5. The van der Waals surface area contributed by atoms with Crippen LogP contribution in [-0.2, 0) is 9.53 Å². The van der Waals surface area contributed by atoms with Crippen molar-refractivity contribution in [3.8, 4) is 0 Å². The average molecular weight is 255 g/mol. The van der Waals surface area contributed by atoms with Gasteiger partial charge in [-0.05, 0) is 38.0 Å². The summed E-state index contributed by atoms with van der Waals surface area (Å²) in [5.74, 6) is 0.722. The van der Waals surface area contributed by atoms with Crippen molar-refractivity contribution in [1.82, 2.24) is 4.90 Å². The monoisotopic (exact) mass is 255 g/mol. The molecule has 0 aromatic rings. The molecule has 3 unspecified atom stereocenters. The summed E-state index contributed by atoms with van der Waals surface area (Å²) in [6.07, 6.45) is 3.91. The molecule has 0 bridgehead atoms. The Balaban J connectivity index is 1.79. The number of nitrogens with zero attached hydrogens (tertiary/aromatic N) is 1. The van der Waals surface area contributed by atoms with Crippen LogP contribution in [0.2, 0.25) is 0 Å². The molecular weight excluding hydrogens is 230 g/mol. The van der Waals surface area contributed by atoms with Crippen LogP contribution in [0.4, 0.5) is 0 Å². The molecule has 18 heavy (non-hydrogen) atoms. The minimum absolute atomic E-state index is 0.179. The van der Waals surface area contributed by atoms with Crippen LogP contribution in [0.25, 0.3) is 0 Å². The van der Waals surface area contributed by atoms with Gasteiger partial charge in [0.05, 0.1) is 5.60 Å². The Morgan fingerprint density at radius 1 is 1.39 bits per heavy atom. The highest BCUT2D eigenvalue weighted by Gasteiger charge is 2.45. The lowest BCUT2D eigenvalue weighted by molar-refractivity contribution is -0.174. The molecule has 104 valence electrons. The van der Waals surface area contributed by atoms with E-state index in [0.717, 1.165) is 24.9 Å². The second-order valence-corrected chi connectivity index (χ2v) is 6.50. The summed E-state index contributed by atoms with van der Waals surface area (Å²) in [6, 6.07) is 0.669. The highest BCUT2D eigenvalue weighted by Crippen LogP contribution is 2.37. The Morgan fingerprint density at radius 3 is 2.61 bits per heavy atom. The predicted molar refractivity (Wildman–Crippen MR) is 69.5 cm³/mol. The van der Waals surface area contributed by atoms with Crippen molar-refractivity contribution >= 4 is 5.97 Å². The molecule has 1 saturated carbocycles. The number of carboxylic acids is 1. The van der Waals surface area contributed by atoms with Gasteiger partial charge < -0.3 is 9.84 Å². The first-order valence-electron chi connectivity index (χ1n) is 6.99. The Bertz CT molecular complexity index is 312. The van der Waals surface area contributed by atoms with Gasteiger partial charge in [0.15, 0.2) is 0 Å². The third kappa shape index (κ3) is 3.04. The van der Waals surface area contributed by atoms with Gasteiger partial charge in [-0.25, -0.2) is 4.79 Å². The summed E-state index contributed by atoms with van der Waals surface area (Å²) in [7, 11) is 0. The number of ether oxygens (including phenoxy) is 1. The molecule has 0 spiro atoms. The second-order valence-electron chi connectivity index (χ2n) is 6.50. The van der Waals surface area contributed by atoms with Crippen molar-refractivity contribution in [2.24, 2.45) is 11.8 Å². The Hall–Kier alpha value is -0.610. The van der Waals surface area contributed by atoms with E-state index in [1.165, 1.54) is 19.3 Å². The molecule has 1 aliphatic carbocycles. The van der Waals surface area contributed by atoms with E-state index in [4.69, 9.17) is 9.84 Å². The van der Waals surface area contributed by atoms with E-state index in [2.05, 4.69) is 18.7 Å². The van der Waals surface area contributed by atoms with Gasteiger partial charge in [-0.15, -0.1) is 0 Å². The lowest BCUT2D eigenvalue weighted by Gasteiger charge is -2.53. The van der Waals surface area contributed by atoms with Gasteiger partial charge >= 0.3 is 5.97 Å². The number of hydrogen-bond donors (Lipinski definition) is 1. The summed E-state index contributed by atoms with van der Waals surface area (Å²) in [5, 5.41) is 8.64. The fourth-order valence-electron chi connectivity index (χ4n) is 3.57. The van der Waals surface area contributed by atoms with Crippen LogP contribution in [-0.4, -0.2) is 47.3 Å². The van der Waals surface area contributed by atoms with Crippen molar-refractivity contribution in [3.63, 3.8) is 0 Å². The van der Waals surface area contributed by atoms with Crippen molar-refractivity contribution in [2.75, 3.05) is 19.7 Å². The van der Waals surface area contributed by atoms with Crippen LogP contribution in [0, 0.1) is 11.8 Å². The fourth-order valence-corrected chi connectivity index (χ4v) is 3.57. The normalized spacial score (nSPS) is 36.1. The topological polar surface area (TPSA) is 49.8 Å². The Kier molecular flexibility index (Phi) is 3.97. The van der Waals surface area contributed by atoms with E-state index in [9.17, 15) is 4.79 Å². The first-order chi connectivity index (χ1) is 8.39. The number of carboxylic acid groups (broad SMARTS) is 1. The maximum Gasteiger partial charge on any atom is 0.329 e. The van der Waals surface area contributed by atoms with E-state index in [0.29, 0.717) is 6.04 Å². The largest absolute Gasteiger partial charge is 0.480 e. The smallest absolute Gasteiger partial charge is 0.329 e. The number of aliphatic carboxylic acids is 1. The van der Waals surface area contributed by atoms with Gasteiger partial charge in [-0.1, -0.05) is 13.8 Å². The zero-order valence-corrected chi connectivity index (χ0v) is 11.7. The molecule has 0 radical (unpaired) electrons. The van der Waals surface area contributed by atoms with Crippen LogP contribution in [0.1, 0.15) is 40.0 Å². The Morgan fingerprint density at radius 2 is 2.06 bits per heavy atom. The molecule has 4 nitrogen and oxygen atoms in total. The predicted octanol–water partition coefficient (Wildman–Crippen LogP) is 1.99. The van der Waals surface area contributed by atoms with Crippen molar-refractivity contribution in [2.45, 2.75) is 51.7 Å². The van der Waals surface area contributed by atoms with Crippen LogP contribution in [0.5, 0.6) is 0 Å². The van der Waals surface area contributed by atoms with Crippen LogP contribution >= 0.6 is 0 Å². The van der Waals surface area contributed by atoms with Crippen molar-refractivity contribution < 1.29 is 14.6 Å². The molecular formula is C14H25NO3. The third-order valence-electron chi connectivity index (χ3n) is 4.47. The number of likely N-dealkylation sites (tertiary alicyclic amines) is 1. The summed E-state index contributed by atoms with van der Waals surface area (Å²) >= 11 is 0. The van der Waals surface area contributed by atoms with Gasteiger partial charge in [-0.3, -0.25) is 4.90 Å². The molecule has 0 aromatic heterocycles. The molecule has 4 heteroatoms. The van der Waals surface area contributed by atoms with Gasteiger partial charge in [0.2, 0.25) is 0 Å². The first-order valence-corrected chi connectivity index (χ1v) is 6.99. The Labute approximate surface area is 109 Å². The molecule has 1 N–H and O–H groups in total. The van der Waals surface area contributed by atoms with E-state index < -0.39 is 5.97 Å². The van der Waals surface area contributed by atoms with E-state index in [-0.39, 0.29) is 12.2 Å². The molecule has 0 aromatic carbocycles. The third-order valence-corrected chi connectivity index (χ3v) is 4.47. The highest BCUT2D eigenvalue weighted by molar-refractivity contribution is 5.68. The van der Waals surface area contributed by atoms with Crippen molar-refractivity contribution in [1.29, 1.82) is 0 Å². The lowest BCUT2D eigenvalue weighted by atomic mass is 9.77. The van der Waals surface area contributed by atoms with Gasteiger partial charge in [0, 0.05) is 19.1 Å². The van der Waals surface area contributed by atoms with Gasteiger partial charge in [0.25, 0.3) is 0 Å². The van der Waals surface area contributed by atoms with E-state index in [1.54, 1.807) is 0 Å². The van der Waals surface area contributed by atoms with Gasteiger partial charge in [0.1, 0.15) is 6.61 Å². The summed E-state index contributed by atoms with van der Waals surface area (Å²) < 4.78 is 5.46. The first kappa shape index (κ1) is 13.8. The molecule has 1 heterocycles. The minimum atomic E-state index is -0.880. The molecule has 2 fully saturated rings. The zero-order chi connectivity index (χ0) is 13.3. The van der Waals surface area contributed by atoms with Crippen LogP contribution < -0.4 is 0 Å². The van der Waals surface area contributed by atoms with Crippen LogP contribution in [0.3, 0.4) is 0 Å². The zero-order valence-electron chi connectivity index (χ0n) is 11.7. The van der Waals surface area contributed by atoms with Gasteiger partial charge in [-0.2, -0.15) is 0 Å². The summed E-state index contributed by atoms with van der Waals surface area (Å²) in [5.41, 5.74) is -0.249. The highest BCUT2D eigenvalue weighted by atomic mass is 16.5. The molecule has 2 aliphatic rings. The molecule has 1 aliphatic heterocycles. The number of carbonyl (C=O) groups is 1.